The van der Waals surface area contributed by atoms with Crippen LogP contribution in [0.3, 0.4) is 0 Å². The number of carbonyl (C=O) groups is 2. The highest BCUT2D eigenvalue weighted by Gasteiger charge is 2.08. The highest BCUT2D eigenvalue weighted by molar-refractivity contribution is 5.96. The number of ether oxygens (including phenoxy) is 2. The van der Waals surface area contributed by atoms with Crippen molar-refractivity contribution in [2.45, 2.75) is 0 Å². The maximum atomic E-state index is 12.0. The molecule has 0 fully saturated rings. The topological polar surface area (TPSA) is 89.0 Å². The summed E-state index contributed by atoms with van der Waals surface area (Å²) >= 11 is 0. The quantitative estimate of drug-likeness (QED) is 0.591. The zero-order valence-electron chi connectivity index (χ0n) is 14.0. The van der Waals surface area contributed by atoms with Crippen molar-refractivity contribution < 1.29 is 19.1 Å². The lowest BCUT2D eigenvalue weighted by Gasteiger charge is -2.06. The molecule has 0 saturated heterocycles. The molecule has 2 N–H and O–H groups in total. The molecule has 130 valence electrons. The summed E-state index contributed by atoms with van der Waals surface area (Å²) in [6.07, 6.45) is 1.47. The van der Waals surface area contributed by atoms with E-state index >= 15 is 0 Å². The Labute approximate surface area is 145 Å². The first kappa shape index (κ1) is 18.0. The first-order valence-electron chi connectivity index (χ1n) is 7.51. The van der Waals surface area contributed by atoms with Gasteiger partial charge in [-0.15, -0.1) is 0 Å². The highest BCUT2D eigenvalue weighted by atomic mass is 16.5. The number of benzene rings is 2. The van der Waals surface area contributed by atoms with Crippen molar-refractivity contribution in [3.8, 4) is 11.5 Å². The van der Waals surface area contributed by atoms with E-state index in [1.54, 1.807) is 43.5 Å². The van der Waals surface area contributed by atoms with Crippen LogP contribution in [0.15, 0.2) is 53.6 Å². The van der Waals surface area contributed by atoms with Crippen LogP contribution in [0.25, 0.3) is 0 Å². The van der Waals surface area contributed by atoms with Crippen LogP contribution in [0.5, 0.6) is 11.5 Å². The van der Waals surface area contributed by atoms with Crippen molar-refractivity contribution in [2.24, 2.45) is 5.10 Å². The summed E-state index contributed by atoms with van der Waals surface area (Å²) in [5.41, 5.74) is 3.48. The van der Waals surface area contributed by atoms with Crippen LogP contribution < -0.4 is 20.2 Å². The van der Waals surface area contributed by atoms with Crippen LogP contribution in [0.4, 0.5) is 0 Å². The summed E-state index contributed by atoms with van der Waals surface area (Å²) in [6.45, 7) is -0.195. The number of hydrazone groups is 1. The third-order valence-corrected chi connectivity index (χ3v) is 3.27. The van der Waals surface area contributed by atoms with Crippen LogP contribution in [0.2, 0.25) is 0 Å². The Hall–Kier alpha value is -3.35. The minimum absolute atomic E-state index is 0.195. The predicted octanol–water partition coefficient (Wildman–Crippen LogP) is 1.58. The second-order valence-corrected chi connectivity index (χ2v) is 4.95. The molecule has 0 aromatic heterocycles. The van der Waals surface area contributed by atoms with Crippen molar-refractivity contribution in [1.29, 1.82) is 0 Å². The molecule has 0 radical (unpaired) electrons. The molecule has 0 bridgehead atoms. The Balaban J connectivity index is 1.84. The third-order valence-electron chi connectivity index (χ3n) is 3.27. The van der Waals surface area contributed by atoms with Gasteiger partial charge in [-0.05, 0) is 30.3 Å². The second kappa shape index (κ2) is 9.07. The molecule has 7 heteroatoms. The van der Waals surface area contributed by atoms with Crippen LogP contribution in [-0.2, 0) is 4.79 Å². The van der Waals surface area contributed by atoms with Gasteiger partial charge in [0, 0.05) is 11.1 Å². The summed E-state index contributed by atoms with van der Waals surface area (Å²) < 4.78 is 10.2. The molecule has 2 rings (SSSR count). The number of rotatable bonds is 7. The summed E-state index contributed by atoms with van der Waals surface area (Å²) in [7, 11) is 3.07. The van der Waals surface area contributed by atoms with Crippen LogP contribution in [-0.4, -0.2) is 38.8 Å². The van der Waals surface area contributed by atoms with Crippen molar-refractivity contribution in [1.82, 2.24) is 10.7 Å². The highest BCUT2D eigenvalue weighted by Crippen LogP contribution is 2.14. The lowest BCUT2D eigenvalue weighted by molar-refractivity contribution is -0.120. The van der Waals surface area contributed by atoms with Gasteiger partial charge in [-0.1, -0.05) is 18.2 Å². The number of hydrogen-bond acceptors (Lipinski definition) is 5. The number of amides is 2. The molecule has 0 atom stereocenters. The van der Waals surface area contributed by atoms with Crippen molar-refractivity contribution >= 4 is 18.0 Å². The van der Waals surface area contributed by atoms with Gasteiger partial charge in [0.1, 0.15) is 11.5 Å². The molecular formula is C18H19N3O4. The molecule has 0 aliphatic carbocycles. The van der Waals surface area contributed by atoms with E-state index < -0.39 is 5.91 Å². The van der Waals surface area contributed by atoms with Gasteiger partial charge in [-0.3, -0.25) is 9.59 Å². The Bertz CT molecular complexity index is 774. The van der Waals surface area contributed by atoms with E-state index in [1.165, 1.54) is 13.3 Å². The molecule has 0 spiro atoms. The smallest absolute Gasteiger partial charge is 0.259 e. The van der Waals surface area contributed by atoms with E-state index in [0.29, 0.717) is 17.1 Å². The average Bonchev–Trinajstić information content (AvgIpc) is 2.66. The van der Waals surface area contributed by atoms with Crippen LogP contribution in [0.1, 0.15) is 15.9 Å². The lowest BCUT2D eigenvalue weighted by atomic mass is 10.2. The van der Waals surface area contributed by atoms with E-state index in [1.807, 2.05) is 12.1 Å². The van der Waals surface area contributed by atoms with Gasteiger partial charge in [0.2, 0.25) is 0 Å². The van der Waals surface area contributed by atoms with Crippen LogP contribution >= 0.6 is 0 Å². The van der Waals surface area contributed by atoms with Gasteiger partial charge in [-0.25, -0.2) is 5.43 Å². The standard InChI is InChI=1S/C18H19N3O4/c1-24-15-8-5-7-13(10-15)18(23)19-12-17(22)21-20-11-14-6-3-4-9-16(14)25-2/h3-11H,12H2,1-2H3,(H,19,23)(H,21,22)/b20-11-. The fourth-order valence-corrected chi connectivity index (χ4v) is 2.01. The van der Waals surface area contributed by atoms with Gasteiger partial charge < -0.3 is 14.8 Å². The molecule has 7 nitrogen and oxygen atoms in total. The molecule has 25 heavy (non-hydrogen) atoms. The van der Waals surface area contributed by atoms with E-state index in [2.05, 4.69) is 15.8 Å². The second-order valence-electron chi connectivity index (χ2n) is 4.95. The summed E-state index contributed by atoms with van der Waals surface area (Å²) in [5.74, 6) is 0.399. The first-order chi connectivity index (χ1) is 12.1. The Morgan fingerprint density at radius 1 is 1.08 bits per heavy atom. The fourth-order valence-electron chi connectivity index (χ4n) is 2.01. The predicted molar refractivity (Wildman–Crippen MR) is 94.1 cm³/mol. The maximum Gasteiger partial charge on any atom is 0.259 e. The molecule has 0 heterocycles. The molecule has 0 aliphatic heterocycles. The molecule has 0 aliphatic rings. The number of hydrogen-bond donors (Lipinski definition) is 2. The van der Waals surface area contributed by atoms with Gasteiger partial charge in [0.25, 0.3) is 11.8 Å². The molecule has 0 saturated carbocycles. The van der Waals surface area contributed by atoms with Gasteiger partial charge in [0.05, 0.1) is 27.0 Å². The summed E-state index contributed by atoms with van der Waals surface area (Å²) in [5, 5.41) is 6.37. The molecule has 0 unspecified atom stereocenters. The number of carbonyl (C=O) groups excluding carboxylic acids is 2. The van der Waals surface area contributed by atoms with Gasteiger partial charge in [0.15, 0.2) is 0 Å². The van der Waals surface area contributed by atoms with E-state index in [9.17, 15) is 9.59 Å². The average molecular weight is 341 g/mol. The van der Waals surface area contributed by atoms with Crippen molar-refractivity contribution in [3.05, 3.63) is 59.7 Å². The van der Waals surface area contributed by atoms with E-state index in [-0.39, 0.29) is 12.5 Å². The van der Waals surface area contributed by atoms with Gasteiger partial charge >= 0.3 is 0 Å². The normalized spacial score (nSPS) is 10.3. The molecule has 2 amide bonds. The molecular weight excluding hydrogens is 322 g/mol. The zero-order chi connectivity index (χ0) is 18.1. The number of methoxy groups -OCH3 is 2. The Morgan fingerprint density at radius 2 is 1.88 bits per heavy atom. The number of nitrogens with zero attached hydrogens (tertiary/aromatic N) is 1. The molecule has 2 aromatic rings. The lowest BCUT2D eigenvalue weighted by Crippen LogP contribution is -2.34. The van der Waals surface area contributed by atoms with Crippen molar-refractivity contribution in [3.63, 3.8) is 0 Å². The van der Waals surface area contributed by atoms with Crippen LogP contribution in [0, 0.1) is 0 Å². The summed E-state index contributed by atoms with van der Waals surface area (Å²) in [4.78, 5) is 23.7. The SMILES string of the molecule is COc1cccc(C(=O)NCC(=O)N/N=C\c2ccccc2OC)c1. The first-order valence-corrected chi connectivity index (χ1v) is 7.51. The summed E-state index contributed by atoms with van der Waals surface area (Å²) in [6, 6.07) is 13.9. The van der Waals surface area contributed by atoms with Crippen molar-refractivity contribution in [2.75, 3.05) is 20.8 Å². The molecule has 2 aromatic carbocycles. The fraction of sp³-hybridized carbons (Fsp3) is 0.167. The van der Waals surface area contributed by atoms with E-state index in [4.69, 9.17) is 9.47 Å². The maximum absolute atomic E-state index is 12.0. The van der Waals surface area contributed by atoms with Gasteiger partial charge in [-0.2, -0.15) is 5.10 Å². The third kappa shape index (κ3) is 5.35. The van der Waals surface area contributed by atoms with E-state index in [0.717, 1.165) is 5.56 Å². The minimum Gasteiger partial charge on any atom is -0.497 e. The Morgan fingerprint density at radius 3 is 2.64 bits per heavy atom. The minimum atomic E-state index is -0.442. The Kier molecular flexibility index (Phi) is 6.53. The largest absolute Gasteiger partial charge is 0.497 e. The number of nitrogens with one attached hydrogen (secondary N) is 2. The monoisotopic (exact) mass is 341 g/mol. The number of para-hydroxylation sites is 1. The zero-order valence-corrected chi connectivity index (χ0v) is 14.0.